The Hall–Kier alpha value is -1.67. The molecule has 0 aliphatic carbocycles. The van der Waals surface area contributed by atoms with Crippen LogP contribution in [0.2, 0.25) is 0 Å². The van der Waals surface area contributed by atoms with E-state index in [0.717, 1.165) is 6.07 Å². The highest BCUT2D eigenvalue weighted by atomic mass is 32.2. The monoisotopic (exact) mass is 330 g/mol. The van der Waals surface area contributed by atoms with Gasteiger partial charge < -0.3 is 9.64 Å². The van der Waals surface area contributed by atoms with Crippen molar-refractivity contribution in [2.75, 3.05) is 36.8 Å². The van der Waals surface area contributed by atoms with Gasteiger partial charge in [0.1, 0.15) is 5.82 Å². The first kappa shape index (κ1) is 16.7. The lowest BCUT2D eigenvalue weighted by Crippen LogP contribution is -2.44. The fraction of sp³-hybridized carbons (Fsp3) is 0.500. The van der Waals surface area contributed by atoms with E-state index in [1.807, 2.05) is 0 Å². The Balaban J connectivity index is 1.96. The summed E-state index contributed by atoms with van der Waals surface area (Å²) in [5.41, 5.74) is 0.144. The van der Waals surface area contributed by atoms with Crippen LogP contribution in [0.5, 0.6) is 0 Å². The summed E-state index contributed by atoms with van der Waals surface area (Å²) >= 11 is 0. The number of amides is 1. The number of sulfonamides is 1. The maximum Gasteiger partial charge on any atom is 0.233 e. The highest BCUT2D eigenvalue weighted by Gasteiger charge is 2.26. The van der Waals surface area contributed by atoms with E-state index in [9.17, 15) is 17.6 Å². The minimum atomic E-state index is -3.73. The van der Waals surface area contributed by atoms with E-state index >= 15 is 0 Å². The largest absolute Gasteiger partial charge is 0.378 e. The molecule has 22 heavy (non-hydrogen) atoms. The number of rotatable bonds is 5. The molecule has 1 aromatic carbocycles. The lowest BCUT2D eigenvalue weighted by Gasteiger charge is -2.29. The van der Waals surface area contributed by atoms with Gasteiger partial charge in [-0.3, -0.25) is 9.52 Å². The van der Waals surface area contributed by atoms with Crippen LogP contribution >= 0.6 is 0 Å². The second kappa shape index (κ2) is 7.06. The van der Waals surface area contributed by atoms with Gasteiger partial charge in [-0.2, -0.15) is 0 Å². The molecule has 1 atom stereocenters. The van der Waals surface area contributed by atoms with Gasteiger partial charge >= 0.3 is 0 Å². The molecule has 1 fully saturated rings. The molecule has 1 unspecified atom stereocenters. The standard InChI is InChI=1S/C14H19FN2O4S/c1-11(14(18)17-5-7-21-8-6-17)10-22(19,20)16-13-4-2-3-12(15)9-13/h2-4,9,11,16H,5-8,10H2,1H3. The summed E-state index contributed by atoms with van der Waals surface area (Å²) in [6.07, 6.45) is 0. The minimum Gasteiger partial charge on any atom is -0.378 e. The van der Waals surface area contributed by atoms with Gasteiger partial charge in [0, 0.05) is 13.1 Å². The van der Waals surface area contributed by atoms with Crippen molar-refractivity contribution in [3.63, 3.8) is 0 Å². The highest BCUT2D eigenvalue weighted by Crippen LogP contribution is 2.14. The van der Waals surface area contributed by atoms with Crippen LogP contribution in [-0.2, 0) is 19.6 Å². The van der Waals surface area contributed by atoms with Crippen molar-refractivity contribution >= 4 is 21.6 Å². The third kappa shape index (κ3) is 4.67. The Morgan fingerprint density at radius 3 is 2.73 bits per heavy atom. The molecular formula is C14H19FN2O4S. The number of carbonyl (C=O) groups is 1. The maximum absolute atomic E-state index is 13.1. The zero-order valence-corrected chi connectivity index (χ0v) is 13.1. The predicted octanol–water partition coefficient (Wildman–Crippen LogP) is 1.06. The molecular weight excluding hydrogens is 311 g/mol. The molecule has 0 spiro atoms. The second-order valence-corrected chi connectivity index (χ2v) is 7.00. The number of morpholine rings is 1. The van der Waals surface area contributed by atoms with Crippen molar-refractivity contribution in [1.82, 2.24) is 4.90 Å². The molecule has 6 nitrogen and oxygen atoms in total. The van der Waals surface area contributed by atoms with Gasteiger partial charge in [-0.05, 0) is 18.2 Å². The van der Waals surface area contributed by atoms with Crippen molar-refractivity contribution in [3.05, 3.63) is 30.1 Å². The molecule has 0 saturated carbocycles. The first-order chi connectivity index (χ1) is 10.4. The van der Waals surface area contributed by atoms with Crippen LogP contribution in [0, 0.1) is 11.7 Å². The number of nitrogens with one attached hydrogen (secondary N) is 1. The number of ether oxygens (including phenoxy) is 1. The summed E-state index contributed by atoms with van der Waals surface area (Å²) in [6.45, 7) is 3.45. The molecule has 1 saturated heterocycles. The number of carbonyl (C=O) groups excluding carboxylic acids is 1. The average molecular weight is 330 g/mol. The lowest BCUT2D eigenvalue weighted by atomic mass is 10.2. The van der Waals surface area contributed by atoms with Crippen molar-refractivity contribution in [1.29, 1.82) is 0 Å². The van der Waals surface area contributed by atoms with E-state index in [1.165, 1.54) is 18.2 Å². The van der Waals surface area contributed by atoms with E-state index in [-0.39, 0.29) is 17.3 Å². The normalized spacial score (nSPS) is 17.1. The van der Waals surface area contributed by atoms with Gasteiger partial charge in [0.05, 0.1) is 30.6 Å². The van der Waals surface area contributed by atoms with Gasteiger partial charge in [-0.25, -0.2) is 12.8 Å². The number of hydrogen-bond acceptors (Lipinski definition) is 4. The smallest absolute Gasteiger partial charge is 0.233 e. The Morgan fingerprint density at radius 1 is 1.41 bits per heavy atom. The van der Waals surface area contributed by atoms with E-state index in [4.69, 9.17) is 4.74 Å². The van der Waals surface area contributed by atoms with Gasteiger partial charge in [-0.15, -0.1) is 0 Å². The van der Waals surface area contributed by atoms with Crippen LogP contribution in [0.1, 0.15) is 6.92 Å². The highest BCUT2D eigenvalue weighted by molar-refractivity contribution is 7.92. The van der Waals surface area contributed by atoms with Crippen LogP contribution in [-0.4, -0.2) is 51.3 Å². The van der Waals surface area contributed by atoms with Gasteiger partial charge in [-0.1, -0.05) is 13.0 Å². The van der Waals surface area contributed by atoms with E-state index < -0.39 is 21.8 Å². The summed E-state index contributed by atoms with van der Waals surface area (Å²) in [7, 11) is -3.73. The molecule has 2 rings (SSSR count). The minimum absolute atomic E-state index is 0.144. The summed E-state index contributed by atoms with van der Waals surface area (Å²) in [4.78, 5) is 13.8. The summed E-state index contributed by atoms with van der Waals surface area (Å²) < 4.78 is 44.7. The number of hydrogen-bond donors (Lipinski definition) is 1. The Labute approximate surface area is 129 Å². The molecule has 8 heteroatoms. The van der Waals surface area contributed by atoms with Crippen LogP contribution in [0.4, 0.5) is 10.1 Å². The molecule has 122 valence electrons. The quantitative estimate of drug-likeness (QED) is 0.876. The van der Waals surface area contributed by atoms with Crippen LogP contribution in [0.25, 0.3) is 0 Å². The number of halogens is 1. The second-order valence-electron chi connectivity index (χ2n) is 5.23. The first-order valence-corrected chi connectivity index (χ1v) is 8.65. The van der Waals surface area contributed by atoms with E-state index in [2.05, 4.69) is 4.72 Å². The Kier molecular flexibility index (Phi) is 5.36. The fourth-order valence-corrected chi connectivity index (χ4v) is 3.64. The molecule has 1 aliphatic heterocycles. The zero-order valence-electron chi connectivity index (χ0n) is 12.3. The third-order valence-electron chi connectivity index (χ3n) is 3.31. The number of anilines is 1. The number of benzene rings is 1. The van der Waals surface area contributed by atoms with Crippen molar-refractivity contribution < 1.29 is 22.3 Å². The van der Waals surface area contributed by atoms with Gasteiger partial charge in [0.15, 0.2) is 0 Å². The molecule has 1 aliphatic rings. The molecule has 0 radical (unpaired) electrons. The SMILES string of the molecule is CC(CS(=O)(=O)Nc1cccc(F)c1)C(=O)N1CCOCC1. The summed E-state index contributed by atoms with van der Waals surface area (Å²) in [5.74, 6) is -1.77. The topological polar surface area (TPSA) is 75.7 Å². The molecule has 1 amide bonds. The van der Waals surface area contributed by atoms with E-state index in [1.54, 1.807) is 11.8 Å². The third-order valence-corrected chi connectivity index (χ3v) is 4.80. The maximum atomic E-state index is 13.1. The van der Waals surface area contributed by atoms with Crippen molar-refractivity contribution in [2.45, 2.75) is 6.92 Å². The average Bonchev–Trinajstić information content (AvgIpc) is 2.46. The first-order valence-electron chi connectivity index (χ1n) is 7.00. The lowest BCUT2D eigenvalue weighted by molar-refractivity contribution is -0.138. The Morgan fingerprint density at radius 2 is 2.09 bits per heavy atom. The van der Waals surface area contributed by atoms with Crippen molar-refractivity contribution in [2.24, 2.45) is 5.92 Å². The predicted molar refractivity (Wildman–Crippen MR) is 80.4 cm³/mol. The van der Waals surface area contributed by atoms with Crippen LogP contribution < -0.4 is 4.72 Å². The zero-order chi connectivity index (χ0) is 16.2. The fourth-order valence-electron chi connectivity index (χ4n) is 2.27. The summed E-state index contributed by atoms with van der Waals surface area (Å²) in [5, 5.41) is 0. The number of nitrogens with zero attached hydrogens (tertiary/aromatic N) is 1. The molecule has 1 N–H and O–H groups in total. The summed E-state index contributed by atoms with van der Waals surface area (Å²) in [6, 6.07) is 5.18. The molecule has 1 heterocycles. The molecule has 0 aromatic heterocycles. The molecule has 0 bridgehead atoms. The van der Waals surface area contributed by atoms with Crippen LogP contribution in [0.15, 0.2) is 24.3 Å². The molecule has 1 aromatic rings. The van der Waals surface area contributed by atoms with Gasteiger partial charge in [0.2, 0.25) is 15.9 Å². The van der Waals surface area contributed by atoms with Crippen LogP contribution in [0.3, 0.4) is 0 Å². The van der Waals surface area contributed by atoms with Gasteiger partial charge in [0.25, 0.3) is 0 Å². The van der Waals surface area contributed by atoms with E-state index in [0.29, 0.717) is 26.3 Å². The Bertz CT molecular complexity index is 629. The van der Waals surface area contributed by atoms with Crippen molar-refractivity contribution in [3.8, 4) is 0 Å².